The van der Waals surface area contributed by atoms with Gasteiger partial charge < -0.3 is 15.0 Å². The summed E-state index contributed by atoms with van der Waals surface area (Å²) in [6.07, 6.45) is -0.698. The van der Waals surface area contributed by atoms with E-state index in [0.717, 1.165) is 21.8 Å². The maximum Gasteiger partial charge on any atom is 0.286 e. The lowest BCUT2D eigenvalue weighted by atomic mass is 10.2. The number of hydrogen-bond acceptors (Lipinski definition) is 4. The standard InChI is InChI=1S/C19H21BrN2O3S/c1-12-9-10-16(14(20)11-12)25-13(2)18(23)21-15-7-5-6-8-17(15)26-19(24)22(3)4/h5-11,13H,1-4H3,(H,21,23). The van der Waals surface area contributed by atoms with Crippen molar-refractivity contribution < 1.29 is 14.3 Å². The molecule has 1 atom stereocenters. The summed E-state index contributed by atoms with van der Waals surface area (Å²) >= 11 is 4.51. The molecule has 0 aliphatic heterocycles. The van der Waals surface area contributed by atoms with Crippen LogP contribution < -0.4 is 10.1 Å². The second-order valence-corrected chi connectivity index (χ2v) is 7.79. The molecule has 2 amide bonds. The Morgan fingerprint density at radius 3 is 2.54 bits per heavy atom. The Balaban J connectivity index is 2.08. The van der Waals surface area contributed by atoms with Crippen LogP contribution in [0.4, 0.5) is 10.5 Å². The molecule has 0 fully saturated rings. The van der Waals surface area contributed by atoms with Crippen LogP contribution >= 0.6 is 27.7 Å². The van der Waals surface area contributed by atoms with Crippen LogP contribution in [0.1, 0.15) is 12.5 Å². The highest BCUT2D eigenvalue weighted by atomic mass is 79.9. The number of halogens is 1. The number of nitrogens with zero attached hydrogens (tertiary/aromatic N) is 1. The van der Waals surface area contributed by atoms with Crippen LogP contribution in [0.15, 0.2) is 51.8 Å². The Labute approximate surface area is 166 Å². The highest BCUT2D eigenvalue weighted by Gasteiger charge is 2.18. The molecule has 1 N–H and O–H groups in total. The van der Waals surface area contributed by atoms with E-state index in [0.29, 0.717) is 16.3 Å². The van der Waals surface area contributed by atoms with E-state index in [4.69, 9.17) is 4.74 Å². The second-order valence-electron chi connectivity index (χ2n) is 5.94. The van der Waals surface area contributed by atoms with E-state index in [2.05, 4.69) is 21.2 Å². The van der Waals surface area contributed by atoms with Crippen LogP contribution in [0.2, 0.25) is 0 Å². The number of benzene rings is 2. The zero-order chi connectivity index (χ0) is 19.3. The van der Waals surface area contributed by atoms with Crippen LogP contribution in [-0.4, -0.2) is 36.2 Å². The Morgan fingerprint density at radius 2 is 1.88 bits per heavy atom. The molecule has 0 bridgehead atoms. The monoisotopic (exact) mass is 436 g/mol. The molecule has 0 aliphatic carbocycles. The Morgan fingerprint density at radius 1 is 1.19 bits per heavy atom. The summed E-state index contributed by atoms with van der Waals surface area (Å²) in [7, 11) is 3.37. The molecule has 0 radical (unpaired) electrons. The number of anilines is 1. The maximum atomic E-state index is 12.5. The van der Waals surface area contributed by atoms with Gasteiger partial charge >= 0.3 is 0 Å². The molecule has 7 heteroatoms. The van der Waals surface area contributed by atoms with Gasteiger partial charge in [0.05, 0.1) is 10.2 Å². The lowest BCUT2D eigenvalue weighted by molar-refractivity contribution is -0.122. The number of thioether (sulfide) groups is 1. The SMILES string of the molecule is Cc1ccc(OC(C)C(=O)Nc2ccccc2SC(=O)N(C)C)c(Br)c1. The molecule has 5 nitrogen and oxygen atoms in total. The quantitative estimate of drug-likeness (QED) is 0.674. The smallest absolute Gasteiger partial charge is 0.286 e. The second kappa shape index (κ2) is 9.09. The molecule has 0 saturated carbocycles. The number of aryl methyl sites for hydroxylation is 1. The number of carbonyl (C=O) groups excluding carboxylic acids is 2. The van der Waals surface area contributed by atoms with Gasteiger partial charge in [-0.25, -0.2) is 0 Å². The topological polar surface area (TPSA) is 58.6 Å². The summed E-state index contributed by atoms with van der Waals surface area (Å²) in [4.78, 5) is 26.6. The van der Waals surface area contributed by atoms with Gasteiger partial charge in [0.1, 0.15) is 5.75 Å². The lowest BCUT2D eigenvalue weighted by Gasteiger charge is -2.17. The fourth-order valence-electron chi connectivity index (χ4n) is 2.02. The minimum absolute atomic E-state index is 0.111. The fraction of sp³-hybridized carbons (Fsp3) is 0.263. The van der Waals surface area contributed by atoms with E-state index in [9.17, 15) is 9.59 Å². The molecule has 1 unspecified atom stereocenters. The number of carbonyl (C=O) groups is 2. The first-order valence-corrected chi connectivity index (χ1v) is 9.60. The number of hydrogen-bond donors (Lipinski definition) is 1. The molecule has 0 spiro atoms. The van der Waals surface area contributed by atoms with Crippen LogP contribution in [0.25, 0.3) is 0 Å². The number of rotatable bonds is 5. The van der Waals surface area contributed by atoms with Gasteiger partial charge in [0.25, 0.3) is 11.1 Å². The van der Waals surface area contributed by atoms with Gasteiger partial charge in [0, 0.05) is 19.0 Å². The highest BCUT2D eigenvalue weighted by molar-refractivity contribution is 9.10. The molecule has 138 valence electrons. The van der Waals surface area contributed by atoms with Gasteiger partial charge in [0.2, 0.25) is 0 Å². The van der Waals surface area contributed by atoms with Gasteiger partial charge in [-0.05, 0) is 71.4 Å². The van der Waals surface area contributed by atoms with Gasteiger partial charge in [-0.3, -0.25) is 9.59 Å². The van der Waals surface area contributed by atoms with Gasteiger partial charge in [-0.2, -0.15) is 0 Å². The van der Waals surface area contributed by atoms with E-state index in [-0.39, 0.29) is 11.1 Å². The average Bonchev–Trinajstić information content (AvgIpc) is 2.58. The van der Waals surface area contributed by atoms with Crippen LogP contribution in [0.5, 0.6) is 5.75 Å². The van der Waals surface area contributed by atoms with Crippen LogP contribution in [0.3, 0.4) is 0 Å². The minimum atomic E-state index is -0.698. The van der Waals surface area contributed by atoms with E-state index in [1.54, 1.807) is 33.2 Å². The summed E-state index contributed by atoms with van der Waals surface area (Å²) in [5, 5.41) is 2.72. The summed E-state index contributed by atoms with van der Waals surface area (Å²) in [5.74, 6) is 0.312. The highest BCUT2D eigenvalue weighted by Crippen LogP contribution is 2.30. The summed E-state index contributed by atoms with van der Waals surface area (Å²) < 4.78 is 6.55. The van der Waals surface area contributed by atoms with Crippen LogP contribution in [0, 0.1) is 6.92 Å². The van der Waals surface area contributed by atoms with Crippen molar-refractivity contribution in [2.75, 3.05) is 19.4 Å². The number of nitrogens with one attached hydrogen (secondary N) is 1. The first-order valence-electron chi connectivity index (χ1n) is 7.99. The molecule has 0 aromatic heterocycles. The Hall–Kier alpha value is -1.99. The normalized spacial score (nSPS) is 11.6. The Bertz CT molecular complexity index is 811. The Kier molecular flexibility index (Phi) is 7.11. The molecule has 0 heterocycles. The minimum Gasteiger partial charge on any atom is -0.480 e. The van der Waals surface area contributed by atoms with Gasteiger partial charge in [-0.15, -0.1) is 0 Å². The van der Waals surface area contributed by atoms with E-state index >= 15 is 0 Å². The van der Waals surface area contributed by atoms with Crippen molar-refractivity contribution in [1.82, 2.24) is 4.90 Å². The predicted octanol–water partition coefficient (Wildman–Crippen LogP) is 4.94. The van der Waals surface area contributed by atoms with Crippen molar-refractivity contribution in [2.24, 2.45) is 0 Å². The third-order valence-electron chi connectivity index (χ3n) is 3.47. The van der Waals surface area contributed by atoms with Gasteiger partial charge in [0.15, 0.2) is 6.10 Å². The van der Waals surface area contributed by atoms with E-state index in [1.165, 1.54) is 4.90 Å². The summed E-state index contributed by atoms with van der Waals surface area (Å²) in [6, 6.07) is 12.9. The van der Waals surface area contributed by atoms with Crippen molar-refractivity contribution in [1.29, 1.82) is 0 Å². The molecular weight excluding hydrogens is 416 g/mol. The van der Waals surface area contributed by atoms with Crippen molar-refractivity contribution in [3.05, 3.63) is 52.5 Å². The zero-order valence-corrected chi connectivity index (χ0v) is 17.5. The third-order valence-corrected chi connectivity index (χ3v) is 5.20. The molecule has 0 aliphatic rings. The molecule has 2 rings (SSSR count). The summed E-state index contributed by atoms with van der Waals surface area (Å²) in [5.41, 5.74) is 1.67. The van der Waals surface area contributed by atoms with Crippen molar-refractivity contribution >= 4 is 44.5 Å². The maximum absolute atomic E-state index is 12.5. The van der Waals surface area contributed by atoms with E-state index < -0.39 is 6.10 Å². The molecule has 2 aromatic rings. The first-order chi connectivity index (χ1) is 12.3. The molecule has 26 heavy (non-hydrogen) atoms. The average molecular weight is 437 g/mol. The van der Waals surface area contributed by atoms with Gasteiger partial charge in [-0.1, -0.05) is 18.2 Å². The third kappa shape index (κ3) is 5.51. The van der Waals surface area contributed by atoms with Crippen molar-refractivity contribution in [2.45, 2.75) is 24.8 Å². The lowest BCUT2D eigenvalue weighted by Crippen LogP contribution is -2.30. The first kappa shape index (κ1) is 20.3. The number of ether oxygens (including phenoxy) is 1. The zero-order valence-electron chi connectivity index (χ0n) is 15.1. The predicted molar refractivity (Wildman–Crippen MR) is 109 cm³/mol. The number of amides is 2. The number of para-hydroxylation sites is 1. The van der Waals surface area contributed by atoms with Crippen LogP contribution in [-0.2, 0) is 4.79 Å². The molecular formula is C19H21BrN2O3S. The largest absolute Gasteiger partial charge is 0.480 e. The van der Waals surface area contributed by atoms with E-state index in [1.807, 2.05) is 37.3 Å². The molecule has 0 saturated heterocycles. The molecule has 2 aromatic carbocycles. The summed E-state index contributed by atoms with van der Waals surface area (Å²) in [6.45, 7) is 3.66. The van der Waals surface area contributed by atoms with Crippen molar-refractivity contribution in [3.63, 3.8) is 0 Å². The van der Waals surface area contributed by atoms with Crippen molar-refractivity contribution in [3.8, 4) is 5.75 Å². The fourth-order valence-corrected chi connectivity index (χ4v) is 3.36.